The number of aryl methyl sites for hydroxylation is 1. The molecule has 1 aromatic carbocycles. The smallest absolute Gasteiger partial charge is 0.296 e. The lowest BCUT2D eigenvalue weighted by molar-refractivity contribution is 0.0241. The van der Waals surface area contributed by atoms with Crippen LogP contribution in [0.5, 0.6) is 0 Å². The van der Waals surface area contributed by atoms with Crippen LogP contribution >= 0.6 is 0 Å². The van der Waals surface area contributed by atoms with E-state index in [2.05, 4.69) is 0 Å². The molecule has 1 saturated carbocycles. The first kappa shape index (κ1) is 16.5. The lowest BCUT2D eigenvalue weighted by Gasteiger charge is -2.27. The molecule has 0 bridgehead atoms. The average molecular weight is 312 g/mol. The first-order chi connectivity index (χ1) is 9.97. The van der Waals surface area contributed by atoms with Gasteiger partial charge in [0.05, 0.1) is 18.1 Å². The highest BCUT2D eigenvalue weighted by molar-refractivity contribution is 7.86. The van der Waals surface area contributed by atoms with Crippen molar-refractivity contribution in [2.24, 2.45) is 5.41 Å². The molecule has 0 heterocycles. The standard InChI is InChI=1S/C16H24O4S/c1-3-19-12-16(10-4-5-11-16)13-20-21(17,18)15-8-6-14(2)7-9-15/h6-9H,3-5,10-13H2,1-2H3. The van der Waals surface area contributed by atoms with E-state index in [1.807, 2.05) is 13.8 Å². The molecule has 4 nitrogen and oxygen atoms in total. The van der Waals surface area contributed by atoms with Gasteiger partial charge >= 0.3 is 0 Å². The maximum absolute atomic E-state index is 12.3. The molecule has 0 amide bonds. The quantitative estimate of drug-likeness (QED) is 0.725. The van der Waals surface area contributed by atoms with Crippen LogP contribution in [0.4, 0.5) is 0 Å². The van der Waals surface area contributed by atoms with Crippen LogP contribution in [0.2, 0.25) is 0 Å². The molecular weight excluding hydrogens is 288 g/mol. The Bertz CT molecular complexity index is 542. The molecule has 1 aliphatic rings. The van der Waals surface area contributed by atoms with E-state index in [4.69, 9.17) is 8.92 Å². The normalized spacial score (nSPS) is 18.0. The summed E-state index contributed by atoms with van der Waals surface area (Å²) in [6.45, 7) is 5.31. The lowest BCUT2D eigenvalue weighted by atomic mass is 9.88. The summed E-state index contributed by atoms with van der Waals surface area (Å²) in [4.78, 5) is 0.220. The zero-order valence-electron chi connectivity index (χ0n) is 12.8. The van der Waals surface area contributed by atoms with Gasteiger partial charge in [-0.2, -0.15) is 8.42 Å². The highest BCUT2D eigenvalue weighted by Gasteiger charge is 2.36. The van der Waals surface area contributed by atoms with E-state index >= 15 is 0 Å². The molecule has 0 atom stereocenters. The fraction of sp³-hybridized carbons (Fsp3) is 0.625. The minimum atomic E-state index is -3.68. The minimum Gasteiger partial charge on any atom is -0.381 e. The molecule has 118 valence electrons. The Balaban J connectivity index is 2.04. The molecule has 0 spiro atoms. The van der Waals surface area contributed by atoms with Crippen LogP contribution < -0.4 is 0 Å². The van der Waals surface area contributed by atoms with Crippen molar-refractivity contribution in [1.29, 1.82) is 0 Å². The van der Waals surface area contributed by atoms with E-state index < -0.39 is 10.1 Å². The third-order valence-electron chi connectivity index (χ3n) is 4.11. The van der Waals surface area contributed by atoms with Crippen molar-refractivity contribution in [3.63, 3.8) is 0 Å². The van der Waals surface area contributed by atoms with Gasteiger partial charge in [0.15, 0.2) is 0 Å². The van der Waals surface area contributed by atoms with Gasteiger partial charge in [-0.05, 0) is 38.8 Å². The summed E-state index contributed by atoms with van der Waals surface area (Å²) < 4.78 is 35.4. The fourth-order valence-electron chi connectivity index (χ4n) is 2.75. The largest absolute Gasteiger partial charge is 0.381 e. The van der Waals surface area contributed by atoms with Gasteiger partial charge in [0.1, 0.15) is 0 Å². The Morgan fingerprint density at radius 2 is 1.71 bits per heavy atom. The third kappa shape index (κ3) is 4.28. The zero-order valence-corrected chi connectivity index (χ0v) is 13.6. The topological polar surface area (TPSA) is 52.6 Å². The SMILES string of the molecule is CCOCC1(COS(=O)(=O)c2ccc(C)cc2)CCCC1. The second kappa shape index (κ2) is 6.90. The number of benzene rings is 1. The molecule has 0 radical (unpaired) electrons. The highest BCUT2D eigenvalue weighted by Crippen LogP contribution is 2.39. The second-order valence-electron chi connectivity index (χ2n) is 5.87. The number of rotatable bonds is 7. The summed E-state index contributed by atoms with van der Waals surface area (Å²) in [7, 11) is -3.68. The number of hydrogen-bond donors (Lipinski definition) is 0. The molecule has 2 rings (SSSR count). The summed E-state index contributed by atoms with van der Waals surface area (Å²) in [5.74, 6) is 0. The van der Waals surface area contributed by atoms with Crippen LogP contribution in [0.1, 0.15) is 38.2 Å². The van der Waals surface area contributed by atoms with E-state index in [-0.39, 0.29) is 16.9 Å². The Labute approximate surface area is 127 Å². The third-order valence-corrected chi connectivity index (χ3v) is 5.38. The summed E-state index contributed by atoms with van der Waals surface area (Å²) in [5, 5.41) is 0. The van der Waals surface area contributed by atoms with Crippen LogP contribution in [0.15, 0.2) is 29.2 Å². The van der Waals surface area contributed by atoms with Gasteiger partial charge in [0.2, 0.25) is 0 Å². The van der Waals surface area contributed by atoms with E-state index in [0.717, 1.165) is 31.2 Å². The van der Waals surface area contributed by atoms with Gasteiger partial charge in [-0.15, -0.1) is 0 Å². The molecule has 0 saturated heterocycles. The fourth-order valence-corrected chi connectivity index (χ4v) is 3.76. The summed E-state index contributed by atoms with van der Waals surface area (Å²) in [6.07, 6.45) is 4.16. The van der Waals surface area contributed by atoms with Crippen molar-refractivity contribution in [2.45, 2.75) is 44.4 Å². The van der Waals surface area contributed by atoms with Crippen molar-refractivity contribution in [3.05, 3.63) is 29.8 Å². The molecule has 1 aliphatic carbocycles. The van der Waals surface area contributed by atoms with Crippen molar-refractivity contribution < 1.29 is 17.3 Å². The monoisotopic (exact) mass is 312 g/mol. The van der Waals surface area contributed by atoms with E-state index in [1.165, 1.54) is 0 Å². The van der Waals surface area contributed by atoms with Gasteiger partial charge in [0, 0.05) is 12.0 Å². The van der Waals surface area contributed by atoms with Crippen molar-refractivity contribution >= 4 is 10.1 Å². The van der Waals surface area contributed by atoms with Crippen LogP contribution in [0.25, 0.3) is 0 Å². The second-order valence-corrected chi connectivity index (χ2v) is 7.49. The first-order valence-corrected chi connectivity index (χ1v) is 8.92. The van der Waals surface area contributed by atoms with Crippen LogP contribution in [-0.2, 0) is 19.0 Å². The van der Waals surface area contributed by atoms with Crippen molar-refractivity contribution in [3.8, 4) is 0 Å². The Morgan fingerprint density at radius 3 is 2.29 bits per heavy atom. The Hall–Kier alpha value is -0.910. The molecule has 0 aromatic heterocycles. The molecule has 0 unspecified atom stereocenters. The molecule has 1 aromatic rings. The van der Waals surface area contributed by atoms with E-state index in [0.29, 0.717) is 13.2 Å². The summed E-state index contributed by atoms with van der Waals surface area (Å²) in [5.41, 5.74) is 0.880. The predicted octanol–water partition coefficient (Wildman–Crippen LogP) is 3.30. The average Bonchev–Trinajstić information content (AvgIpc) is 2.93. The zero-order chi connectivity index (χ0) is 15.3. The lowest BCUT2D eigenvalue weighted by Crippen LogP contribution is -2.30. The molecule has 5 heteroatoms. The van der Waals surface area contributed by atoms with Crippen LogP contribution in [-0.4, -0.2) is 28.2 Å². The van der Waals surface area contributed by atoms with E-state index in [9.17, 15) is 8.42 Å². The van der Waals surface area contributed by atoms with Gasteiger partial charge in [-0.25, -0.2) is 0 Å². The van der Waals surface area contributed by atoms with Gasteiger partial charge in [-0.1, -0.05) is 30.5 Å². The number of hydrogen-bond acceptors (Lipinski definition) is 4. The Kier molecular flexibility index (Phi) is 5.41. The Morgan fingerprint density at radius 1 is 1.10 bits per heavy atom. The van der Waals surface area contributed by atoms with Gasteiger partial charge < -0.3 is 4.74 Å². The molecule has 0 N–H and O–H groups in total. The summed E-state index contributed by atoms with van der Waals surface area (Å²) in [6, 6.07) is 6.74. The van der Waals surface area contributed by atoms with Gasteiger partial charge in [-0.3, -0.25) is 4.18 Å². The summed E-state index contributed by atoms with van der Waals surface area (Å²) >= 11 is 0. The predicted molar refractivity (Wildman–Crippen MR) is 81.7 cm³/mol. The molecule has 21 heavy (non-hydrogen) atoms. The maximum Gasteiger partial charge on any atom is 0.296 e. The molecule has 1 fully saturated rings. The highest BCUT2D eigenvalue weighted by atomic mass is 32.2. The van der Waals surface area contributed by atoms with Gasteiger partial charge in [0.25, 0.3) is 10.1 Å². The van der Waals surface area contributed by atoms with Crippen molar-refractivity contribution in [2.75, 3.05) is 19.8 Å². The van der Waals surface area contributed by atoms with Crippen LogP contribution in [0, 0.1) is 12.3 Å². The number of ether oxygens (including phenoxy) is 1. The first-order valence-electron chi connectivity index (χ1n) is 7.51. The molecular formula is C16H24O4S. The maximum atomic E-state index is 12.3. The van der Waals surface area contributed by atoms with Crippen molar-refractivity contribution in [1.82, 2.24) is 0 Å². The molecule has 0 aliphatic heterocycles. The van der Waals surface area contributed by atoms with E-state index in [1.54, 1.807) is 24.3 Å². The van der Waals surface area contributed by atoms with Crippen LogP contribution in [0.3, 0.4) is 0 Å². The minimum absolute atomic E-state index is 0.145.